The van der Waals surface area contributed by atoms with Gasteiger partial charge in [0.15, 0.2) is 5.96 Å². The minimum Gasteiger partial charge on any atom is -0.357 e. The summed E-state index contributed by atoms with van der Waals surface area (Å²) in [6, 6.07) is 8.89. The van der Waals surface area contributed by atoms with Gasteiger partial charge >= 0.3 is 0 Å². The maximum Gasteiger partial charge on any atom is 0.191 e. The molecule has 2 N–H and O–H groups in total. The third kappa shape index (κ3) is 7.86. The van der Waals surface area contributed by atoms with Crippen molar-refractivity contribution in [1.82, 2.24) is 20.5 Å². The Hall–Kier alpha value is -1.19. The van der Waals surface area contributed by atoms with Crippen LogP contribution in [0.25, 0.3) is 0 Å². The highest BCUT2D eigenvalue weighted by Crippen LogP contribution is 2.19. The van der Waals surface area contributed by atoms with E-state index in [1.54, 1.807) is 11.3 Å². The predicted molar refractivity (Wildman–Crippen MR) is 134 cm³/mol. The summed E-state index contributed by atoms with van der Waals surface area (Å²) in [5, 5.41) is 10.0. The standard InChI is InChI=1S/C22H33N5S.HI/c1-4-23-22(25-14-20-16-28-21(26-20)17(2)3)24-13-18-7-9-19(10-8-18)15-27-11-5-6-12-27;/h7-10,16-17H,4-6,11-15H2,1-3H3,(H2,23,24,25);1H. The number of thiazole rings is 1. The summed E-state index contributed by atoms with van der Waals surface area (Å²) in [5.74, 6) is 1.32. The number of aromatic nitrogens is 1. The van der Waals surface area contributed by atoms with Crippen LogP contribution in [0.4, 0.5) is 0 Å². The molecular formula is C22H34IN5S. The molecule has 7 heteroatoms. The number of likely N-dealkylation sites (tertiary alicyclic amines) is 1. The summed E-state index contributed by atoms with van der Waals surface area (Å²) >= 11 is 1.73. The fraction of sp³-hybridized carbons (Fsp3) is 0.545. The largest absolute Gasteiger partial charge is 0.357 e. The van der Waals surface area contributed by atoms with Crippen molar-refractivity contribution in [3.8, 4) is 0 Å². The Morgan fingerprint density at radius 1 is 1.14 bits per heavy atom. The molecule has 5 nitrogen and oxygen atoms in total. The predicted octanol–water partition coefficient (Wildman–Crippen LogP) is 4.74. The number of guanidine groups is 1. The van der Waals surface area contributed by atoms with Crippen LogP contribution in [0.2, 0.25) is 0 Å². The third-order valence-corrected chi connectivity index (χ3v) is 6.09. The minimum absolute atomic E-state index is 0. The normalized spacial score (nSPS) is 14.8. The van der Waals surface area contributed by atoms with Gasteiger partial charge in [-0.15, -0.1) is 35.3 Å². The minimum atomic E-state index is 0. The van der Waals surface area contributed by atoms with E-state index in [1.807, 2.05) is 0 Å². The number of halogens is 1. The molecule has 1 aromatic heterocycles. The number of benzene rings is 1. The van der Waals surface area contributed by atoms with E-state index in [2.05, 4.69) is 70.9 Å². The lowest BCUT2D eigenvalue weighted by Gasteiger charge is -2.14. The van der Waals surface area contributed by atoms with E-state index in [1.165, 1.54) is 42.1 Å². The van der Waals surface area contributed by atoms with Crippen LogP contribution in [0.1, 0.15) is 61.4 Å². The fourth-order valence-electron chi connectivity index (χ4n) is 3.30. The van der Waals surface area contributed by atoms with Gasteiger partial charge in [-0.2, -0.15) is 0 Å². The lowest BCUT2D eigenvalue weighted by Crippen LogP contribution is -2.36. The Kier molecular flexibility index (Phi) is 10.4. The molecule has 160 valence electrons. The van der Waals surface area contributed by atoms with Crippen LogP contribution in [0.3, 0.4) is 0 Å². The van der Waals surface area contributed by atoms with Crippen molar-refractivity contribution in [1.29, 1.82) is 0 Å². The highest BCUT2D eigenvalue weighted by atomic mass is 127. The van der Waals surface area contributed by atoms with Crippen LogP contribution in [-0.2, 0) is 19.6 Å². The molecule has 3 rings (SSSR count). The van der Waals surface area contributed by atoms with E-state index in [0.717, 1.165) is 24.7 Å². The van der Waals surface area contributed by atoms with Gasteiger partial charge in [-0.05, 0) is 44.0 Å². The zero-order chi connectivity index (χ0) is 19.8. The molecule has 1 aliphatic rings. The highest BCUT2D eigenvalue weighted by Gasteiger charge is 2.11. The molecule has 2 heterocycles. The van der Waals surface area contributed by atoms with Crippen LogP contribution in [0, 0.1) is 0 Å². The molecule has 1 aromatic carbocycles. The molecular weight excluding hydrogens is 493 g/mol. The molecule has 0 spiro atoms. The van der Waals surface area contributed by atoms with Gasteiger partial charge in [0, 0.05) is 24.4 Å². The van der Waals surface area contributed by atoms with Crippen molar-refractivity contribution in [3.63, 3.8) is 0 Å². The number of aliphatic imine (C=N–C) groups is 1. The summed E-state index contributed by atoms with van der Waals surface area (Å²) in [6.07, 6.45) is 2.68. The summed E-state index contributed by atoms with van der Waals surface area (Å²) in [6.45, 7) is 12.2. The van der Waals surface area contributed by atoms with Crippen molar-refractivity contribution in [2.45, 2.75) is 59.2 Å². The quantitative estimate of drug-likeness (QED) is 0.296. The SMILES string of the molecule is CCNC(=NCc1ccc(CN2CCCC2)cc1)NCc1csc(C(C)C)n1.I. The van der Waals surface area contributed by atoms with E-state index < -0.39 is 0 Å². The van der Waals surface area contributed by atoms with E-state index in [9.17, 15) is 0 Å². The van der Waals surface area contributed by atoms with Gasteiger partial charge in [0.1, 0.15) is 0 Å². The lowest BCUT2D eigenvalue weighted by atomic mass is 10.1. The summed E-state index contributed by atoms with van der Waals surface area (Å²) in [5.41, 5.74) is 3.70. The molecule has 0 amide bonds. The maximum atomic E-state index is 4.73. The zero-order valence-electron chi connectivity index (χ0n) is 17.8. The lowest BCUT2D eigenvalue weighted by molar-refractivity contribution is 0.331. The van der Waals surface area contributed by atoms with Crippen LogP contribution < -0.4 is 10.6 Å². The molecule has 0 aliphatic carbocycles. The first-order valence-electron chi connectivity index (χ1n) is 10.4. The maximum absolute atomic E-state index is 4.73. The molecule has 0 bridgehead atoms. The molecule has 1 aliphatic heterocycles. The first kappa shape index (κ1) is 24.1. The van der Waals surface area contributed by atoms with E-state index in [4.69, 9.17) is 4.99 Å². The van der Waals surface area contributed by atoms with Gasteiger partial charge in [-0.1, -0.05) is 38.1 Å². The molecule has 1 saturated heterocycles. The molecule has 0 atom stereocenters. The smallest absolute Gasteiger partial charge is 0.191 e. The Bertz CT molecular complexity index is 751. The van der Waals surface area contributed by atoms with Crippen molar-refractivity contribution >= 4 is 41.3 Å². The first-order valence-corrected chi connectivity index (χ1v) is 11.3. The van der Waals surface area contributed by atoms with Crippen molar-refractivity contribution < 1.29 is 0 Å². The van der Waals surface area contributed by atoms with Gasteiger partial charge in [-0.25, -0.2) is 9.98 Å². The summed E-state index contributed by atoms with van der Waals surface area (Å²) < 4.78 is 0. The Labute approximate surface area is 196 Å². The number of rotatable bonds is 8. The number of nitrogens with zero attached hydrogens (tertiary/aromatic N) is 3. The van der Waals surface area contributed by atoms with Gasteiger partial charge < -0.3 is 10.6 Å². The van der Waals surface area contributed by atoms with Crippen LogP contribution in [-0.4, -0.2) is 35.5 Å². The highest BCUT2D eigenvalue weighted by molar-refractivity contribution is 14.0. The second-order valence-corrected chi connectivity index (χ2v) is 8.57. The van der Waals surface area contributed by atoms with E-state index in [-0.39, 0.29) is 24.0 Å². The van der Waals surface area contributed by atoms with Crippen LogP contribution in [0.5, 0.6) is 0 Å². The van der Waals surface area contributed by atoms with E-state index in [0.29, 0.717) is 19.0 Å². The van der Waals surface area contributed by atoms with Crippen LogP contribution in [0.15, 0.2) is 34.6 Å². The second-order valence-electron chi connectivity index (χ2n) is 7.68. The Morgan fingerprint density at radius 3 is 2.45 bits per heavy atom. The monoisotopic (exact) mass is 527 g/mol. The summed E-state index contributed by atoms with van der Waals surface area (Å²) in [7, 11) is 0. The average Bonchev–Trinajstić information content (AvgIpc) is 3.37. The zero-order valence-corrected chi connectivity index (χ0v) is 20.9. The van der Waals surface area contributed by atoms with Crippen molar-refractivity contribution in [3.05, 3.63) is 51.5 Å². The number of hydrogen-bond acceptors (Lipinski definition) is 4. The number of hydrogen-bond donors (Lipinski definition) is 2. The van der Waals surface area contributed by atoms with Gasteiger partial charge in [-0.3, -0.25) is 4.90 Å². The fourth-order valence-corrected chi connectivity index (χ4v) is 4.14. The van der Waals surface area contributed by atoms with Gasteiger partial charge in [0.2, 0.25) is 0 Å². The molecule has 2 aromatic rings. The number of nitrogens with one attached hydrogen (secondary N) is 2. The third-order valence-electron chi connectivity index (χ3n) is 4.89. The van der Waals surface area contributed by atoms with Crippen molar-refractivity contribution in [2.24, 2.45) is 4.99 Å². The van der Waals surface area contributed by atoms with Gasteiger partial charge in [0.05, 0.1) is 23.8 Å². The molecule has 29 heavy (non-hydrogen) atoms. The first-order chi connectivity index (χ1) is 13.6. The summed E-state index contributed by atoms with van der Waals surface area (Å²) in [4.78, 5) is 11.9. The molecule has 0 saturated carbocycles. The topological polar surface area (TPSA) is 52.6 Å². The van der Waals surface area contributed by atoms with E-state index >= 15 is 0 Å². The molecule has 1 fully saturated rings. The molecule has 0 radical (unpaired) electrons. The van der Waals surface area contributed by atoms with Crippen LogP contribution >= 0.6 is 35.3 Å². The second kappa shape index (κ2) is 12.5. The molecule has 0 unspecified atom stereocenters. The van der Waals surface area contributed by atoms with Gasteiger partial charge in [0.25, 0.3) is 0 Å². The Balaban J connectivity index is 0.00000300. The average molecular weight is 528 g/mol. The Morgan fingerprint density at radius 2 is 1.83 bits per heavy atom. The van der Waals surface area contributed by atoms with Crippen molar-refractivity contribution in [2.75, 3.05) is 19.6 Å².